The number of aromatic amines is 2. The van der Waals surface area contributed by atoms with Gasteiger partial charge in [-0.3, -0.25) is 10.1 Å². The van der Waals surface area contributed by atoms with E-state index in [4.69, 9.17) is 9.97 Å². The summed E-state index contributed by atoms with van der Waals surface area (Å²) in [6, 6.07) is 12.3. The minimum absolute atomic E-state index is 0.670. The van der Waals surface area contributed by atoms with Gasteiger partial charge in [0.25, 0.3) is 0 Å². The molecule has 3 N–H and O–H groups in total. The van der Waals surface area contributed by atoms with E-state index >= 15 is 0 Å². The molecule has 1 aromatic carbocycles. The molecule has 1 fully saturated rings. The average molecular weight is 504 g/mol. The number of rotatable bonds is 7. The Balaban J connectivity index is 1.20. The van der Waals surface area contributed by atoms with Gasteiger partial charge in [0.05, 0.1) is 34.4 Å². The molecule has 0 unspecified atom stereocenters. The van der Waals surface area contributed by atoms with Crippen LogP contribution in [-0.4, -0.2) is 46.2 Å². The molecule has 0 amide bonds. The smallest absolute Gasteiger partial charge is 0.161 e. The summed E-state index contributed by atoms with van der Waals surface area (Å²) in [6.45, 7) is 3.87. The van der Waals surface area contributed by atoms with Crippen molar-refractivity contribution in [2.24, 2.45) is 5.92 Å². The third-order valence-corrected chi connectivity index (χ3v) is 7.44. The van der Waals surface area contributed by atoms with Gasteiger partial charge in [-0.05, 0) is 68.1 Å². The predicted octanol–water partition coefficient (Wildman–Crippen LogP) is 5.34. The molecular weight excluding hydrogens is 474 g/mol. The van der Waals surface area contributed by atoms with Gasteiger partial charge in [0.1, 0.15) is 11.0 Å². The fourth-order valence-corrected chi connectivity index (χ4v) is 5.47. The summed E-state index contributed by atoms with van der Waals surface area (Å²) in [5, 5.41) is 11.3. The van der Waals surface area contributed by atoms with Crippen molar-refractivity contribution >= 4 is 22.1 Å². The highest BCUT2D eigenvalue weighted by Crippen LogP contribution is 2.30. The highest BCUT2D eigenvalue weighted by Gasteiger charge is 2.17. The highest BCUT2D eigenvalue weighted by atomic mass is 15.2. The van der Waals surface area contributed by atoms with Gasteiger partial charge in [-0.15, -0.1) is 0 Å². The van der Waals surface area contributed by atoms with Gasteiger partial charge in [-0.25, -0.2) is 15.0 Å². The number of fused-ring (bicyclic) bond motifs is 2. The van der Waals surface area contributed by atoms with E-state index in [9.17, 15) is 0 Å². The van der Waals surface area contributed by atoms with E-state index in [1.165, 1.54) is 25.7 Å². The van der Waals surface area contributed by atoms with E-state index in [1.807, 2.05) is 66.7 Å². The molecule has 190 valence electrons. The van der Waals surface area contributed by atoms with E-state index in [0.717, 1.165) is 69.3 Å². The van der Waals surface area contributed by atoms with E-state index in [2.05, 4.69) is 36.5 Å². The van der Waals surface area contributed by atoms with Crippen LogP contribution in [0.25, 0.3) is 50.5 Å². The third-order valence-electron chi connectivity index (χ3n) is 7.44. The van der Waals surface area contributed by atoms with Crippen molar-refractivity contribution in [1.82, 2.24) is 45.0 Å². The van der Waals surface area contributed by atoms with Crippen molar-refractivity contribution in [3.8, 4) is 28.5 Å². The first-order valence-corrected chi connectivity index (χ1v) is 13.2. The first-order valence-electron chi connectivity index (χ1n) is 13.2. The standard InChI is InChI=1S/C29H29N9/c1-18-16-38(17-32-18)25-8-4-7-23-26(25)35-29(34-23)28-27-24(36-37-28)10-9-22(33-27)21-11-20(14-31-15-21)13-30-12-19-5-2-3-6-19/h4,7-11,14-17,19,30H,2-3,5-6,12-13H2,1H3,(H,34,35)(H,36,37). The zero-order chi connectivity index (χ0) is 25.5. The average Bonchev–Trinajstić information content (AvgIpc) is 3.74. The molecule has 38 heavy (non-hydrogen) atoms. The SMILES string of the molecule is Cc1cn(-c2cccc3[nH]c(-c4n[nH]c5ccc(-c6cncc(CNCC7CCCC7)c6)nc45)nc23)cn1. The van der Waals surface area contributed by atoms with Crippen LogP contribution in [0.1, 0.15) is 36.9 Å². The summed E-state index contributed by atoms with van der Waals surface area (Å²) < 4.78 is 1.99. The van der Waals surface area contributed by atoms with Crippen LogP contribution in [0, 0.1) is 12.8 Å². The maximum absolute atomic E-state index is 4.99. The molecule has 0 saturated heterocycles. The Kier molecular flexibility index (Phi) is 5.70. The second-order valence-electron chi connectivity index (χ2n) is 10.2. The number of hydrogen-bond acceptors (Lipinski definition) is 6. The summed E-state index contributed by atoms with van der Waals surface area (Å²) in [5.41, 5.74) is 9.02. The molecule has 1 aliphatic carbocycles. The number of pyridine rings is 2. The van der Waals surface area contributed by atoms with Crippen molar-refractivity contribution in [1.29, 1.82) is 0 Å². The number of aryl methyl sites for hydroxylation is 1. The number of imidazole rings is 2. The molecule has 1 saturated carbocycles. The van der Waals surface area contributed by atoms with Gasteiger partial charge in [0.2, 0.25) is 0 Å². The Bertz CT molecular complexity index is 1740. The quantitative estimate of drug-likeness (QED) is 0.271. The van der Waals surface area contributed by atoms with E-state index in [1.54, 1.807) is 0 Å². The number of hydrogen-bond donors (Lipinski definition) is 3. The van der Waals surface area contributed by atoms with Crippen LogP contribution in [0.15, 0.2) is 61.3 Å². The van der Waals surface area contributed by atoms with Crippen molar-refractivity contribution in [2.45, 2.75) is 39.2 Å². The fourth-order valence-electron chi connectivity index (χ4n) is 5.47. The summed E-state index contributed by atoms with van der Waals surface area (Å²) in [6.07, 6.45) is 13.0. The summed E-state index contributed by atoms with van der Waals surface area (Å²) in [5.74, 6) is 1.48. The molecule has 0 radical (unpaired) electrons. The lowest BCUT2D eigenvalue weighted by atomic mass is 10.1. The second kappa shape index (κ2) is 9.50. The van der Waals surface area contributed by atoms with Crippen LogP contribution < -0.4 is 5.32 Å². The topological polar surface area (TPSA) is 113 Å². The highest BCUT2D eigenvalue weighted by molar-refractivity contribution is 5.93. The molecule has 5 aromatic heterocycles. The number of nitrogens with one attached hydrogen (secondary N) is 3. The van der Waals surface area contributed by atoms with E-state index in [0.29, 0.717) is 11.5 Å². The molecular formula is C29H29N9. The largest absolute Gasteiger partial charge is 0.336 e. The molecule has 6 aromatic rings. The molecule has 1 aliphatic rings. The van der Waals surface area contributed by atoms with E-state index < -0.39 is 0 Å². The van der Waals surface area contributed by atoms with Crippen LogP contribution in [0.3, 0.4) is 0 Å². The Morgan fingerprint density at radius 1 is 1.03 bits per heavy atom. The van der Waals surface area contributed by atoms with Gasteiger partial charge >= 0.3 is 0 Å². The minimum atomic E-state index is 0.670. The van der Waals surface area contributed by atoms with Crippen molar-refractivity contribution < 1.29 is 0 Å². The Morgan fingerprint density at radius 2 is 1.95 bits per heavy atom. The number of H-pyrrole nitrogens is 2. The summed E-state index contributed by atoms with van der Waals surface area (Å²) in [7, 11) is 0. The monoisotopic (exact) mass is 503 g/mol. The molecule has 9 heteroatoms. The van der Waals surface area contributed by atoms with Crippen LogP contribution in [0.5, 0.6) is 0 Å². The zero-order valence-corrected chi connectivity index (χ0v) is 21.3. The molecule has 5 heterocycles. The minimum Gasteiger partial charge on any atom is -0.336 e. The van der Waals surface area contributed by atoms with Gasteiger partial charge in [0.15, 0.2) is 11.5 Å². The Hall–Kier alpha value is -4.37. The van der Waals surface area contributed by atoms with Gasteiger partial charge in [-0.2, -0.15) is 5.10 Å². The number of benzene rings is 1. The molecule has 7 rings (SSSR count). The van der Waals surface area contributed by atoms with Crippen LogP contribution in [-0.2, 0) is 6.54 Å². The fraction of sp³-hybridized carbons (Fsp3) is 0.276. The Morgan fingerprint density at radius 3 is 2.82 bits per heavy atom. The van der Waals surface area contributed by atoms with Crippen molar-refractivity contribution in [3.63, 3.8) is 0 Å². The maximum Gasteiger partial charge on any atom is 0.161 e. The lowest BCUT2D eigenvalue weighted by Crippen LogP contribution is -2.20. The van der Waals surface area contributed by atoms with Crippen molar-refractivity contribution in [2.75, 3.05) is 6.54 Å². The first-order chi connectivity index (χ1) is 18.7. The van der Waals surface area contributed by atoms with Crippen LogP contribution >= 0.6 is 0 Å². The lowest BCUT2D eigenvalue weighted by molar-refractivity contribution is 0.489. The molecule has 0 bridgehead atoms. The zero-order valence-electron chi connectivity index (χ0n) is 21.3. The maximum atomic E-state index is 4.99. The number of nitrogens with zero attached hydrogens (tertiary/aromatic N) is 6. The number of aromatic nitrogens is 8. The number of para-hydroxylation sites is 1. The van der Waals surface area contributed by atoms with Crippen molar-refractivity contribution in [3.05, 3.63) is 72.6 Å². The van der Waals surface area contributed by atoms with Crippen LogP contribution in [0.4, 0.5) is 0 Å². The summed E-state index contributed by atoms with van der Waals surface area (Å²) >= 11 is 0. The summed E-state index contributed by atoms with van der Waals surface area (Å²) in [4.78, 5) is 22.2. The molecule has 0 aliphatic heterocycles. The second-order valence-corrected chi connectivity index (χ2v) is 10.2. The van der Waals surface area contributed by atoms with Crippen LogP contribution in [0.2, 0.25) is 0 Å². The molecule has 0 atom stereocenters. The van der Waals surface area contributed by atoms with Gasteiger partial charge < -0.3 is 14.9 Å². The lowest BCUT2D eigenvalue weighted by Gasteiger charge is -2.11. The molecule has 9 nitrogen and oxygen atoms in total. The third kappa shape index (κ3) is 4.24. The van der Waals surface area contributed by atoms with Gasteiger partial charge in [-0.1, -0.05) is 18.9 Å². The predicted molar refractivity (Wildman–Crippen MR) is 148 cm³/mol. The Labute approximate surface area is 219 Å². The first kappa shape index (κ1) is 22.8. The van der Waals surface area contributed by atoms with Gasteiger partial charge in [0, 0.05) is 30.7 Å². The molecule has 0 spiro atoms. The normalized spacial score (nSPS) is 14.2. The van der Waals surface area contributed by atoms with E-state index in [-0.39, 0.29) is 0 Å².